The van der Waals surface area contributed by atoms with Crippen molar-refractivity contribution in [2.75, 3.05) is 23.3 Å². The van der Waals surface area contributed by atoms with Gasteiger partial charge in [-0.1, -0.05) is 30.3 Å². The van der Waals surface area contributed by atoms with Crippen molar-refractivity contribution in [2.45, 2.75) is 20.3 Å². The molecule has 3 rings (SSSR count). The van der Waals surface area contributed by atoms with Gasteiger partial charge in [-0.2, -0.15) is 0 Å². The minimum atomic E-state index is -0.625. The molecule has 1 saturated heterocycles. The van der Waals surface area contributed by atoms with Gasteiger partial charge in [0.15, 0.2) is 0 Å². The number of aryl methyl sites for hydroxylation is 2. The lowest BCUT2D eigenvalue weighted by atomic mass is 10.1. The lowest BCUT2D eigenvalue weighted by Gasteiger charge is -2.17. The molecule has 146 valence electrons. The molecule has 7 heteroatoms. The zero-order valence-corrected chi connectivity index (χ0v) is 15.8. The third kappa shape index (κ3) is 4.19. The number of benzene rings is 2. The summed E-state index contributed by atoms with van der Waals surface area (Å²) in [5.74, 6) is -2.19. The second-order valence-corrected chi connectivity index (χ2v) is 6.89. The SMILES string of the molecule is Cc1cccc(C)c1NC(=O)CNC(=O)[C@@H]1CC(=O)N(c2ccccc2F)C1. The van der Waals surface area contributed by atoms with Gasteiger partial charge in [-0.15, -0.1) is 0 Å². The van der Waals surface area contributed by atoms with Crippen molar-refractivity contribution in [1.29, 1.82) is 0 Å². The number of halogens is 1. The van der Waals surface area contributed by atoms with Crippen molar-refractivity contribution in [2.24, 2.45) is 5.92 Å². The maximum atomic E-state index is 13.9. The van der Waals surface area contributed by atoms with Crippen molar-refractivity contribution in [3.05, 3.63) is 59.4 Å². The summed E-state index contributed by atoms with van der Waals surface area (Å²) in [4.78, 5) is 38.0. The van der Waals surface area contributed by atoms with E-state index in [2.05, 4.69) is 10.6 Å². The van der Waals surface area contributed by atoms with Crippen LogP contribution >= 0.6 is 0 Å². The van der Waals surface area contributed by atoms with Crippen LogP contribution in [-0.4, -0.2) is 30.8 Å². The summed E-state index contributed by atoms with van der Waals surface area (Å²) in [7, 11) is 0. The maximum Gasteiger partial charge on any atom is 0.243 e. The van der Waals surface area contributed by atoms with E-state index in [1.165, 1.54) is 17.0 Å². The van der Waals surface area contributed by atoms with Crippen molar-refractivity contribution in [3.8, 4) is 0 Å². The van der Waals surface area contributed by atoms with Gasteiger partial charge in [0.1, 0.15) is 5.82 Å². The van der Waals surface area contributed by atoms with Crippen molar-refractivity contribution >= 4 is 29.1 Å². The number of hydrogen-bond donors (Lipinski definition) is 2. The smallest absolute Gasteiger partial charge is 0.243 e. The highest BCUT2D eigenvalue weighted by Crippen LogP contribution is 2.27. The summed E-state index contributed by atoms with van der Waals surface area (Å²) >= 11 is 0. The summed E-state index contributed by atoms with van der Waals surface area (Å²) in [6, 6.07) is 11.6. The van der Waals surface area contributed by atoms with Crippen LogP contribution in [0.5, 0.6) is 0 Å². The molecular weight excluding hydrogens is 361 g/mol. The second-order valence-electron chi connectivity index (χ2n) is 6.89. The normalized spacial score (nSPS) is 16.2. The van der Waals surface area contributed by atoms with Gasteiger partial charge in [0, 0.05) is 18.7 Å². The third-order valence-electron chi connectivity index (χ3n) is 4.81. The van der Waals surface area contributed by atoms with Crippen LogP contribution in [0.2, 0.25) is 0 Å². The number of hydrogen-bond acceptors (Lipinski definition) is 3. The lowest BCUT2D eigenvalue weighted by Crippen LogP contribution is -2.38. The molecule has 6 nitrogen and oxygen atoms in total. The molecule has 28 heavy (non-hydrogen) atoms. The highest BCUT2D eigenvalue weighted by molar-refractivity contribution is 6.01. The number of amides is 3. The minimum Gasteiger partial charge on any atom is -0.347 e. The van der Waals surface area contributed by atoms with E-state index >= 15 is 0 Å². The number of para-hydroxylation sites is 2. The molecule has 0 radical (unpaired) electrons. The van der Waals surface area contributed by atoms with Crippen LogP contribution in [0.15, 0.2) is 42.5 Å². The Balaban J connectivity index is 1.56. The van der Waals surface area contributed by atoms with Crippen LogP contribution in [0, 0.1) is 25.6 Å². The minimum absolute atomic E-state index is 0.0152. The van der Waals surface area contributed by atoms with Crippen molar-refractivity contribution < 1.29 is 18.8 Å². The Hall–Kier alpha value is -3.22. The summed E-state index contributed by atoms with van der Waals surface area (Å²) in [6.07, 6.45) is -0.0152. The number of rotatable bonds is 5. The quantitative estimate of drug-likeness (QED) is 0.833. The maximum absolute atomic E-state index is 13.9. The zero-order valence-electron chi connectivity index (χ0n) is 15.8. The molecular formula is C21H22FN3O3. The fourth-order valence-electron chi connectivity index (χ4n) is 3.29. The largest absolute Gasteiger partial charge is 0.347 e. The molecule has 2 aromatic carbocycles. The first-order valence-electron chi connectivity index (χ1n) is 9.05. The Morgan fingerprint density at radius 2 is 1.79 bits per heavy atom. The van der Waals surface area contributed by atoms with Crippen molar-refractivity contribution in [1.82, 2.24) is 5.32 Å². The van der Waals surface area contributed by atoms with E-state index in [9.17, 15) is 18.8 Å². The summed E-state index contributed by atoms with van der Waals surface area (Å²) < 4.78 is 13.9. The van der Waals surface area contributed by atoms with Crippen LogP contribution in [-0.2, 0) is 14.4 Å². The predicted octanol–water partition coefficient (Wildman–Crippen LogP) is 2.55. The van der Waals surface area contributed by atoms with E-state index in [0.29, 0.717) is 0 Å². The van der Waals surface area contributed by atoms with Gasteiger partial charge in [-0.25, -0.2) is 4.39 Å². The number of carbonyl (C=O) groups excluding carboxylic acids is 3. The Morgan fingerprint density at radius 1 is 1.11 bits per heavy atom. The van der Waals surface area contributed by atoms with E-state index in [1.807, 2.05) is 32.0 Å². The average Bonchev–Trinajstić information content (AvgIpc) is 3.05. The number of carbonyl (C=O) groups is 3. The molecule has 0 aliphatic carbocycles. The van der Waals surface area contributed by atoms with Crippen molar-refractivity contribution in [3.63, 3.8) is 0 Å². The Bertz CT molecular complexity index is 909. The van der Waals surface area contributed by atoms with E-state index in [1.54, 1.807) is 12.1 Å². The number of nitrogens with zero attached hydrogens (tertiary/aromatic N) is 1. The second kappa shape index (κ2) is 8.21. The van der Waals surface area contributed by atoms with E-state index in [0.717, 1.165) is 16.8 Å². The van der Waals surface area contributed by atoms with Gasteiger partial charge in [0.05, 0.1) is 18.2 Å². The molecule has 2 aromatic rings. The van der Waals surface area contributed by atoms with Gasteiger partial charge in [-0.3, -0.25) is 14.4 Å². The molecule has 1 aliphatic rings. The summed E-state index contributed by atoms with van der Waals surface area (Å²) in [5.41, 5.74) is 2.75. The van der Waals surface area contributed by atoms with Gasteiger partial charge >= 0.3 is 0 Å². The first-order valence-corrected chi connectivity index (χ1v) is 9.05. The lowest BCUT2D eigenvalue weighted by molar-refractivity contribution is -0.127. The zero-order chi connectivity index (χ0) is 20.3. The summed E-state index contributed by atoms with van der Waals surface area (Å²) in [6.45, 7) is 3.67. The topological polar surface area (TPSA) is 78.5 Å². The third-order valence-corrected chi connectivity index (χ3v) is 4.81. The fourth-order valence-corrected chi connectivity index (χ4v) is 3.29. The Morgan fingerprint density at radius 3 is 2.46 bits per heavy atom. The standard InChI is InChI=1S/C21H22FN3O3/c1-13-6-5-7-14(2)20(13)24-18(26)11-23-21(28)15-10-19(27)25(12-15)17-9-4-3-8-16(17)22/h3-9,15H,10-12H2,1-2H3,(H,23,28)(H,24,26)/t15-/m1/s1. The van der Waals surface area contributed by atoms with Gasteiger partial charge in [0.25, 0.3) is 0 Å². The van der Waals surface area contributed by atoms with E-state index < -0.39 is 17.6 Å². The molecule has 0 bridgehead atoms. The van der Waals surface area contributed by atoms with Gasteiger partial charge in [-0.05, 0) is 37.1 Å². The molecule has 0 spiro atoms. The van der Waals surface area contributed by atoms with Crippen LogP contribution in [0.3, 0.4) is 0 Å². The molecule has 1 fully saturated rings. The van der Waals surface area contributed by atoms with E-state index in [4.69, 9.17) is 0 Å². The van der Waals surface area contributed by atoms with Gasteiger partial charge < -0.3 is 15.5 Å². The first kappa shape index (κ1) is 19.5. The van der Waals surface area contributed by atoms with Gasteiger partial charge in [0.2, 0.25) is 17.7 Å². The molecule has 1 atom stereocenters. The van der Waals surface area contributed by atoms with Crippen LogP contribution in [0.4, 0.5) is 15.8 Å². The molecule has 0 saturated carbocycles. The average molecular weight is 383 g/mol. The molecule has 3 amide bonds. The van der Waals surface area contributed by atoms with Crippen LogP contribution in [0.25, 0.3) is 0 Å². The molecule has 2 N–H and O–H groups in total. The van der Waals surface area contributed by atoms with Crippen LogP contribution in [0.1, 0.15) is 17.5 Å². The molecule has 0 aromatic heterocycles. The predicted molar refractivity (Wildman–Crippen MR) is 104 cm³/mol. The van der Waals surface area contributed by atoms with E-state index in [-0.39, 0.29) is 37.0 Å². The fraction of sp³-hybridized carbons (Fsp3) is 0.286. The molecule has 0 unspecified atom stereocenters. The van der Waals surface area contributed by atoms with Crippen LogP contribution < -0.4 is 15.5 Å². The highest BCUT2D eigenvalue weighted by Gasteiger charge is 2.36. The highest BCUT2D eigenvalue weighted by atomic mass is 19.1. The Kier molecular flexibility index (Phi) is 5.73. The molecule has 1 aliphatic heterocycles. The molecule has 1 heterocycles. The summed E-state index contributed by atoms with van der Waals surface area (Å²) in [5, 5.41) is 5.36. The Labute approximate surface area is 162 Å². The monoisotopic (exact) mass is 383 g/mol. The number of anilines is 2. The first-order chi connectivity index (χ1) is 13.4. The number of nitrogens with one attached hydrogen (secondary N) is 2.